The van der Waals surface area contributed by atoms with E-state index < -0.39 is 0 Å². The molecule has 0 heterocycles. The van der Waals surface area contributed by atoms with Gasteiger partial charge in [-0.1, -0.05) is 0 Å². The molecule has 0 aromatic carbocycles. The lowest BCUT2D eigenvalue weighted by molar-refractivity contribution is 0.964. The van der Waals surface area contributed by atoms with Gasteiger partial charge in [0, 0.05) is 32.4 Å². The number of hydrogen-bond acceptors (Lipinski definition) is 4. The van der Waals surface area contributed by atoms with E-state index in [0.29, 0.717) is 16.6 Å². The van der Waals surface area contributed by atoms with Crippen LogP contribution in [0.25, 0.3) is 0 Å². The van der Waals surface area contributed by atoms with Gasteiger partial charge in [-0.3, -0.25) is 10.9 Å². The zero-order valence-electron chi connectivity index (χ0n) is 9.50. The average Bonchev–Trinajstić information content (AvgIpc) is 2.31. The largest absolute Gasteiger partial charge is 0.364 e. The minimum Gasteiger partial charge on any atom is -0.364 e. The summed E-state index contributed by atoms with van der Waals surface area (Å²) in [5.74, 6) is 0. The summed E-state index contributed by atoms with van der Waals surface area (Å²) in [7, 11) is 3.45. The molecule has 0 bridgehead atoms. The highest BCUT2D eigenvalue weighted by Gasteiger charge is 1.90. The minimum atomic E-state index is 0.473. The summed E-state index contributed by atoms with van der Waals surface area (Å²) in [6.07, 6.45) is 2.28. The van der Waals surface area contributed by atoms with E-state index in [-0.39, 0.29) is 0 Å². The van der Waals surface area contributed by atoms with E-state index in [9.17, 15) is 0 Å². The monoisotopic (exact) mass is 260 g/mol. The normalized spacial score (nSPS) is 11.1. The fourth-order valence-electron chi connectivity index (χ4n) is 0.586. The minimum absolute atomic E-state index is 0.473. The van der Waals surface area contributed by atoms with Gasteiger partial charge >= 0.3 is 0 Å². The van der Waals surface area contributed by atoms with Crippen molar-refractivity contribution in [3.8, 4) is 0 Å². The predicted octanol–water partition coefficient (Wildman–Crippen LogP) is -0.0740. The maximum absolute atomic E-state index is 4.86. The lowest BCUT2D eigenvalue weighted by Crippen LogP contribution is -2.29. The fraction of sp³-hybridized carbons (Fsp3) is 0.500. The third-order valence-corrected chi connectivity index (χ3v) is 2.04. The summed E-state index contributed by atoms with van der Waals surface area (Å²) in [6.45, 7) is 1.87. The highest BCUT2D eigenvalue weighted by Crippen LogP contribution is 1.81. The van der Waals surface area contributed by atoms with Crippen LogP contribution in [0.1, 0.15) is 13.3 Å². The van der Waals surface area contributed by atoms with Gasteiger partial charge in [0.1, 0.15) is 0 Å². The second kappa shape index (κ2) is 8.98. The lowest BCUT2D eigenvalue weighted by atomic mass is 10.3. The highest BCUT2D eigenvalue weighted by molar-refractivity contribution is 7.80. The molecule has 90 valence electrons. The van der Waals surface area contributed by atoms with Gasteiger partial charge in [-0.2, -0.15) is 10.2 Å². The molecule has 8 heteroatoms. The molecule has 0 amide bonds. The number of thiocarbonyl (C=S) groups is 2. The molecular weight excluding hydrogens is 244 g/mol. The molecule has 6 nitrogen and oxygen atoms in total. The van der Waals surface area contributed by atoms with Crippen LogP contribution in [0.3, 0.4) is 0 Å². The third kappa shape index (κ3) is 8.06. The van der Waals surface area contributed by atoms with E-state index in [1.807, 2.05) is 6.92 Å². The Morgan fingerprint density at radius 1 is 1.12 bits per heavy atom. The average molecular weight is 260 g/mol. The summed E-state index contributed by atoms with van der Waals surface area (Å²) in [5.41, 5.74) is 6.18. The molecule has 0 rings (SSSR count). The topological polar surface area (TPSA) is 72.8 Å². The summed E-state index contributed by atoms with van der Waals surface area (Å²) in [4.78, 5) is 0. The third-order valence-electron chi connectivity index (χ3n) is 1.45. The van der Waals surface area contributed by atoms with Crippen LogP contribution in [0, 0.1) is 0 Å². The first-order valence-electron chi connectivity index (χ1n) is 4.60. The summed E-state index contributed by atoms with van der Waals surface area (Å²) < 4.78 is 0. The van der Waals surface area contributed by atoms with E-state index in [0.717, 1.165) is 5.71 Å². The van der Waals surface area contributed by atoms with Crippen molar-refractivity contribution in [2.75, 3.05) is 14.1 Å². The van der Waals surface area contributed by atoms with Crippen molar-refractivity contribution in [1.82, 2.24) is 21.5 Å². The van der Waals surface area contributed by atoms with Crippen LogP contribution in [-0.4, -0.2) is 36.2 Å². The van der Waals surface area contributed by atoms with Crippen LogP contribution in [-0.2, 0) is 0 Å². The Kier molecular flexibility index (Phi) is 8.26. The summed E-state index contributed by atoms with van der Waals surface area (Å²) in [5, 5.41) is 14.4. The Bertz CT molecular complexity index is 299. The number of rotatable bonds is 4. The molecule has 0 aliphatic rings. The number of nitrogens with one attached hydrogen (secondary N) is 4. The Labute approximate surface area is 106 Å². The molecule has 0 saturated heterocycles. The maximum Gasteiger partial charge on any atom is 0.186 e. The quantitative estimate of drug-likeness (QED) is 0.322. The van der Waals surface area contributed by atoms with Crippen LogP contribution in [0.2, 0.25) is 0 Å². The molecular formula is C8H16N6S2. The lowest BCUT2D eigenvalue weighted by Gasteiger charge is -2.02. The van der Waals surface area contributed by atoms with E-state index in [1.165, 1.54) is 0 Å². The van der Waals surface area contributed by atoms with Crippen molar-refractivity contribution in [3.63, 3.8) is 0 Å². The Hall–Kier alpha value is -1.28. The maximum atomic E-state index is 4.86. The number of nitrogens with zero attached hydrogens (tertiary/aromatic N) is 2. The second-order valence-corrected chi connectivity index (χ2v) is 3.56. The Balaban J connectivity index is 3.83. The van der Waals surface area contributed by atoms with Gasteiger partial charge in [0.2, 0.25) is 0 Å². The van der Waals surface area contributed by atoms with Gasteiger partial charge < -0.3 is 10.6 Å². The molecule has 4 N–H and O–H groups in total. The van der Waals surface area contributed by atoms with Crippen LogP contribution in [0.4, 0.5) is 0 Å². The Morgan fingerprint density at radius 3 is 2.25 bits per heavy atom. The summed E-state index contributed by atoms with van der Waals surface area (Å²) in [6, 6.07) is 0. The molecule has 0 aromatic rings. The van der Waals surface area contributed by atoms with Gasteiger partial charge in [0.15, 0.2) is 10.2 Å². The predicted molar refractivity (Wildman–Crippen MR) is 75.8 cm³/mol. The smallest absolute Gasteiger partial charge is 0.186 e. The number of hydrazone groups is 2. The van der Waals surface area contributed by atoms with Crippen molar-refractivity contribution < 1.29 is 0 Å². The van der Waals surface area contributed by atoms with E-state index >= 15 is 0 Å². The second-order valence-electron chi connectivity index (χ2n) is 2.74. The van der Waals surface area contributed by atoms with Gasteiger partial charge in [-0.15, -0.1) is 0 Å². The molecule has 0 atom stereocenters. The molecule has 0 radical (unpaired) electrons. The molecule has 0 fully saturated rings. The van der Waals surface area contributed by atoms with Crippen LogP contribution in [0.15, 0.2) is 10.2 Å². The van der Waals surface area contributed by atoms with Gasteiger partial charge in [-0.25, -0.2) is 0 Å². The van der Waals surface area contributed by atoms with Gasteiger partial charge in [-0.05, 0) is 31.4 Å². The first kappa shape index (κ1) is 14.7. The van der Waals surface area contributed by atoms with Crippen LogP contribution >= 0.6 is 24.4 Å². The number of hydrogen-bond donors (Lipinski definition) is 4. The van der Waals surface area contributed by atoms with Crippen molar-refractivity contribution >= 4 is 46.6 Å². The first-order chi connectivity index (χ1) is 7.60. The van der Waals surface area contributed by atoms with Gasteiger partial charge in [0.25, 0.3) is 0 Å². The molecule has 0 aliphatic heterocycles. The SMILES string of the molecule is CNC(=S)N/N=C/C/C(C)=N/NC(=S)NC. The fourth-order valence-corrected chi connectivity index (χ4v) is 0.684. The highest BCUT2D eigenvalue weighted by atomic mass is 32.1. The molecule has 16 heavy (non-hydrogen) atoms. The summed E-state index contributed by atoms with van der Waals surface area (Å²) >= 11 is 9.69. The van der Waals surface area contributed by atoms with E-state index in [4.69, 9.17) is 24.4 Å². The molecule has 0 saturated carbocycles. The van der Waals surface area contributed by atoms with Crippen molar-refractivity contribution in [2.45, 2.75) is 13.3 Å². The van der Waals surface area contributed by atoms with Crippen molar-refractivity contribution in [1.29, 1.82) is 0 Å². The van der Waals surface area contributed by atoms with E-state index in [1.54, 1.807) is 20.3 Å². The Morgan fingerprint density at radius 2 is 1.69 bits per heavy atom. The zero-order chi connectivity index (χ0) is 12.4. The van der Waals surface area contributed by atoms with Crippen LogP contribution in [0.5, 0.6) is 0 Å². The molecule has 0 spiro atoms. The van der Waals surface area contributed by atoms with Gasteiger partial charge in [0.05, 0.1) is 0 Å². The first-order valence-corrected chi connectivity index (χ1v) is 5.42. The molecule has 0 aliphatic carbocycles. The standard InChI is InChI=1S/C8H16N6S2/c1-6(12-14-8(16)10-3)4-5-11-13-7(15)9-2/h5H,4H2,1-3H3,(H2,9,13,15)(H2,10,14,16)/b11-5+,12-6+. The molecule has 0 aromatic heterocycles. The van der Waals surface area contributed by atoms with Crippen LogP contribution < -0.4 is 21.5 Å². The molecule has 0 unspecified atom stereocenters. The van der Waals surface area contributed by atoms with E-state index in [2.05, 4.69) is 31.7 Å². The zero-order valence-corrected chi connectivity index (χ0v) is 11.1. The van der Waals surface area contributed by atoms with Crippen molar-refractivity contribution in [2.24, 2.45) is 10.2 Å². The van der Waals surface area contributed by atoms with Crippen molar-refractivity contribution in [3.05, 3.63) is 0 Å².